The molecule has 0 saturated heterocycles. The molecule has 0 heterocycles. The van der Waals surface area contributed by atoms with Gasteiger partial charge in [-0.2, -0.15) is 0 Å². The zero-order valence-electron chi connectivity index (χ0n) is 15.3. The van der Waals surface area contributed by atoms with Crippen LogP contribution >= 0.6 is 0 Å². The van der Waals surface area contributed by atoms with Crippen LogP contribution in [0.1, 0.15) is 38.1 Å². The van der Waals surface area contributed by atoms with E-state index in [1.165, 1.54) is 13.2 Å². The molecule has 8 nitrogen and oxygen atoms in total. The molecule has 0 bridgehead atoms. The third kappa shape index (κ3) is 5.66. The summed E-state index contributed by atoms with van der Waals surface area (Å²) >= 11 is 0. The summed E-state index contributed by atoms with van der Waals surface area (Å²) in [4.78, 5) is 37.6. The normalized spacial score (nSPS) is 10.2. The molecule has 0 fully saturated rings. The minimum absolute atomic E-state index is 0.198. The molecule has 4 amide bonds. The highest BCUT2D eigenvalue weighted by atomic mass is 16.5. The van der Waals surface area contributed by atoms with E-state index >= 15 is 0 Å². The van der Waals surface area contributed by atoms with E-state index in [0.717, 1.165) is 0 Å². The van der Waals surface area contributed by atoms with Gasteiger partial charge in [0.05, 0.1) is 12.7 Å². The van der Waals surface area contributed by atoms with Gasteiger partial charge in [-0.3, -0.25) is 20.4 Å². The van der Waals surface area contributed by atoms with Crippen LogP contribution in [0.25, 0.3) is 0 Å². The Bertz CT molecular complexity index is 627. The molecule has 0 atom stereocenters. The summed E-state index contributed by atoms with van der Waals surface area (Å²) in [6.07, 6.45) is 0. The van der Waals surface area contributed by atoms with Crippen LogP contribution in [0.5, 0.6) is 5.75 Å². The molecule has 25 heavy (non-hydrogen) atoms. The Hall–Kier alpha value is -2.77. The molecule has 0 saturated carbocycles. The van der Waals surface area contributed by atoms with Crippen molar-refractivity contribution in [3.63, 3.8) is 0 Å². The van der Waals surface area contributed by atoms with E-state index in [1.807, 2.05) is 13.8 Å². The Balaban J connectivity index is 2.93. The van der Waals surface area contributed by atoms with E-state index in [-0.39, 0.29) is 23.4 Å². The van der Waals surface area contributed by atoms with E-state index in [0.29, 0.717) is 24.5 Å². The minimum atomic E-state index is -0.537. The molecule has 138 valence electrons. The smallest absolute Gasteiger partial charge is 0.321 e. The molecule has 1 aromatic rings. The maximum Gasteiger partial charge on any atom is 0.321 e. The van der Waals surface area contributed by atoms with Crippen molar-refractivity contribution in [2.45, 2.75) is 27.7 Å². The fourth-order valence-electron chi connectivity index (χ4n) is 2.01. The fourth-order valence-corrected chi connectivity index (χ4v) is 2.01. The largest absolute Gasteiger partial charge is 0.496 e. The topological polar surface area (TPSA) is 99.8 Å². The number of nitrogens with one attached hydrogen (secondary N) is 3. The lowest BCUT2D eigenvalue weighted by molar-refractivity contribution is -0.124. The van der Waals surface area contributed by atoms with Crippen LogP contribution in [0, 0.1) is 5.92 Å². The number of carbonyl (C=O) groups excluding carboxylic acids is 3. The second kappa shape index (κ2) is 9.51. The van der Waals surface area contributed by atoms with Gasteiger partial charge in [0.2, 0.25) is 5.91 Å². The maximum atomic E-state index is 12.3. The van der Waals surface area contributed by atoms with Gasteiger partial charge in [-0.1, -0.05) is 13.8 Å². The van der Waals surface area contributed by atoms with Crippen LogP contribution in [0.4, 0.5) is 10.5 Å². The van der Waals surface area contributed by atoms with Crippen LogP contribution in [0.3, 0.4) is 0 Å². The summed E-state index contributed by atoms with van der Waals surface area (Å²) in [6, 6.07) is 4.47. The minimum Gasteiger partial charge on any atom is -0.496 e. The summed E-state index contributed by atoms with van der Waals surface area (Å²) in [5, 5.41) is 2.74. The van der Waals surface area contributed by atoms with Gasteiger partial charge in [-0.05, 0) is 32.0 Å². The summed E-state index contributed by atoms with van der Waals surface area (Å²) in [7, 11) is 1.44. The Morgan fingerprint density at radius 2 is 1.76 bits per heavy atom. The van der Waals surface area contributed by atoms with Crippen LogP contribution < -0.4 is 20.9 Å². The number of ether oxygens (including phenoxy) is 1. The van der Waals surface area contributed by atoms with Crippen molar-refractivity contribution in [2.75, 3.05) is 25.5 Å². The number of benzene rings is 1. The first kappa shape index (κ1) is 20.3. The number of amides is 4. The SMILES string of the molecule is CCN(CC)C(=O)Nc1ccc(OC)c(C(=O)NNC(=O)C(C)C)c1. The van der Waals surface area contributed by atoms with Crippen molar-refractivity contribution < 1.29 is 19.1 Å². The van der Waals surface area contributed by atoms with Crippen molar-refractivity contribution in [1.82, 2.24) is 15.8 Å². The van der Waals surface area contributed by atoms with E-state index in [1.54, 1.807) is 30.9 Å². The zero-order chi connectivity index (χ0) is 19.0. The van der Waals surface area contributed by atoms with Gasteiger partial charge in [-0.25, -0.2) is 4.79 Å². The number of hydrogen-bond donors (Lipinski definition) is 3. The molecular formula is C17H26N4O4. The molecule has 1 rings (SSSR count). The predicted molar refractivity (Wildman–Crippen MR) is 95.4 cm³/mol. The highest BCUT2D eigenvalue weighted by molar-refractivity contribution is 6.00. The van der Waals surface area contributed by atoms with Crippen molar-refractivity contribution in [1.29, 1.82) is 0 Å². The average Bonchev–Trinajstić information content (AvgIpc) is 2.60. The second-order valence-electron chi connectivity index (χ2n) is 5.62. The van der Waals surface area contributed by atoms with Gasteiger partial charge in [0.1, 0.15) is 5.75 Å². The number of carbonyl (C=O) groups is 3. The van der Waals surface area contributed by atoms with Crippen LogP contribution in [-0.2, 0) is 4.79 Å². The summed E-state index contributed by atoms with van der Waals surface area (Å²) in [6.45, 7) is 8.35. The molecule has 0 aliphatic rings. The lowest BCUT2D eigenvalue weighted by Crippen LogP contribution is -2.43. The number of hydrazine groups is 1. The van der Waals surface area contributed by atoms with Gasteiger partial charge in [0, 0.05) is 24.7 Å². The quantitative estimate of drug-likeness (QED) is 0.683. The predicted octanol–water partition coefficient (Wildman–Crippen LogP) is 1.99. The number of urea groups is 1. The molecule has 0 radical (unpaired) electrons. The number of nitrogens with zero attached hydrogens (tertiary/aromatic N) is 1. The van der Waals surface area contributed by atoms with Gasteiger partial charge in [-0.15, -0.1) is 0 Å². The highest BCUT2D eigenvalue weighted by Crippen LogP contribution is 2.22. The van der Waals surface area contributed by atoms with Crippen LogP contribution in [0.2, 0.25) is 0 Å². The summed E-state index contributed by atoms with van der Waals surface area (Å²) in [5.41, 5.74) is 5.33. The third-order valence-corrected chi connectivity index (χ3v) is 3.57. The Labute approximate surface area is 147 Å². The first-order valence-electron chi connectivity index (χ1n) is 8.18. The molecule has 0 aliphatic heterocycles. The summed E-state index contributed by atoms with van der Waals surface area (Å²) < 4.78 is 5.17. The molecule has 1 aromatic carbocycles. The van der Waals surface area contributed by atoms with Crippen LogP contribution in [-0.4, -0.2) is 42.9 Å². The van der Waals surface area contributed by atoms with Crippen LogP contribution in [0.15, 0.2) is 18.2 Å². The molecule has 8 heteroatoms. The average molecular weight is 350 g/mol. The van der Waals surface area contributed by atoms with Crippen molar-refractivity contribution >= 4 is 23.5 Å². The second-order valence-corrected chi connectivity index (χ2v) is 5.62. The van der Waals surface area contributed by atoms with E-state index in [2.05, 4.69) is 16.2 Å². The van der Waals surface area contributed by atoms with Crippen molar-refractivity contribution in [3.8, 4) is 5.75 Å². The monoisotopic (exact) mass is 350 g/mol. The van der Waals surface area contributed by atoms with Gasteiger partial charge >= 0.3 is 6.03 Å². The van der Waals surface area contributed by atoms with E-state index < -0.39 is 5.91 Å². The number of methoxy groups -OCH3 is 1. The highest BCUT2D eigenvalue weighted by Gasteiger charge is 2.16. The first-order chi connectivity index (χ1) is 11.8. The van der Waals surface area contributed by atoms with Gasteiger partial charge in [0.25, 0.3) is 5.91 Å². The first-order valence-corrected chi connectivity index (χ1v) is 8.18. The molecule has 0 aromatic heterocycles. The standard InChI is InChI=1S/C17H26N4O4/c1-6-21(7-2)17(24)18-12-8-9-14(25-5)13(10-12)16(23)20-19-15(22)11(3)4/h8-11H,6-7H2,1-5H3,(H,18,24)(H,19,22)(H,20,23). The molecular weight excluding hydrogens is 324 g/mol. The van der Waals surface area contributed by atoms with Gasteiger partial charge in [0.15, 0.2) is 0 Å². The molecule has 0 unspecified atom stereocenters. The van der Waals surface area contributed by atoms with E-state index in [9.17, 15) is 14.4 Å². The molecule has 0 aliphatic carbocycles. The molecule has 0 spiro atoms. The lowest BCUT2D eigenvalue weighted by Gasteiger charge is -2.20. The van der Waals surface area contributed by atoms with E-state index in [4.69, 9.17) is 4.74 Å². The van der Waals surface area contributed by atoms with Crippen molar-refractivity contribution in [2.24, 2.45) is 5.92 Å². The fraction of sp³-hybridized carbons (Fsp3) is 0.471. The maximum absolute atomic E-state index is 12.3. The van der Waals surface area contributed by atoms with Gasteiger partial charge < -0.3 is 15.0 Å². The third-order valence-electron chi connectivity index (χ3n) is 3.57. The summed E-state index contributed by atoms with van der Waals surface area (Å²) in [5.74, 6) is -0.776. The Morgan fingerprint density at radius 1 is 1.12 bits per heavy atom. The Morgan fingerprint density at radius 3 is 2.28 bits per heavy atom. The molecule has 3 N–H and O–H groups in total. The zero-order valence-corrected chi connectivity index (χ0v) is 15.3. The van der Waals surface area contributed by atoms with Crippen molar-refractivity contribution in [3.05, 3.63) is 23.8 Å². The number of rotatable bonds is 6. The lowest BCUT2D eigenvalue weighted by atomic mass is 10.1. The Kier molecular flexibility index (Phi) is 7.71. The number of anilines is 1. The number of hydrogen-bond acceptors (Lipinski definition) is 4.